The predicted molar refractivity (Wildman–Crippen MR) is 132 cm³/mol. The second kappa shape index (κ2) is 9.61. The van der Waals surface area contributed by atoms with Crippen LogP contribution in [0.25, 0.3) is 11.1 Å². The largest absolute Gasteiger partial charge is 0.417 e. The zero-order chi connectivity index (χ0) is 29.1. The first-order valence-electron chi connectivity index (χ1n) is 12.4. The molecular weight excluding hydrogens is 558 g/mol. The second-order valence-electron chi connectivity index (χ2n) is 9.89. The predicted octanol–water partition coefficient (Wildman–Crippen LogP) is 4.58. The van der Waals surface area contributed by atoms with Gasteiger partial charge in [0.15, 0.2) is 5.58 Å². The summed E-state index contributed by atoms with van der Waals surface area (Å²) in [7, 11) is 0. The fraction of sp³-hybridized carbons (Fsp3) is 0.308. The van der Waals surface area contributed by atoms with Gasteiger partial charge in [-0.3, -0.25) is 14.7 Å². The maximum absolute atomic E-state index is 13.2. The molecule has 15 heteroatoms. The molecule has 1 saturated heterocycles. The highest BCUT2D eigenvalue weighted by Gasteiger charge is 2.38. The van der Waals surface area contributed by atoms with Crippen molar-refractivity contribution in [1.82, 2.24) is 24.8 Å². The number of amides is 1. The van der Waals surface area contributed by atoms with Crippen molar-refractivity contribution < 1.29 is 35.6 Å². The number of aromatic amines is 1. The number of benzene rings is 2. The van der Waals surface area contributed by atoms with E-state index in [1.54, 1.807) is 17.0 Å². The van der Waals surface area contributed by atoms with Gasteiger partial charge in [-0.1, -0.05) is 0 Å². The van der Waals surface area contributed by atoms with Crippen LogP contribution in [0.3, 0.4) is 0 Å². The number of carbonyl (C=O) groups excluding carboxylic acids is 1. The van der Waals surface area contributed by atoms with Gasteiger partial charge in [-0.25, -0.2) is 14.8 Å². The average molecular weight is 578 g/mol. The van der Waals surface area contributed by atoms with E-state index in [1.165, 1.54) is 12.3 Å². The summed E-state index contributed by atoms with van der Waals surface area (Å²) in [6, 6.07) is 6.05. The van der Waals surface area contributed by atoms with Gasteiger partial charge in [-0.15, -0.1) is 0 Å². The summed E-state index contributed by atoms with van der Waals surface area (Å²) in [5, 5.41) is 2.48. The highest BCUT2D eigenvalue weighted by molar-refractivity contribution is 5.97. The van der Waals surface area contributed by atoms with Crippen LogP contribution in [0.1, 0.15) is 32.7 Å². The van der Waals surface area contributed by atoms with Crippen molar-refractivity contribution in [2.24, 2.45) is 0 Å². The third-order valence-corrected chi connectivity index (χ3v) is 7.14. The summed E-state index contributed by atoms with van der Waals surface area (Å²) < 4.78 is 84.1. The Hall–Kier alpha value is -4.40. The minimum atomic E-state index is -4.97. The zero-order valence-corrected chi connectivity index (χ0v) is 20.9. The Labute approximate surface area is 226 Å². The number of nitrogens with zero attached hydrogens (tertiary/aromatic N) is 4. The Balaban J connectivity index is 1.10. The molecule has 0 saturated carbocycles. The molecule has 4 aromatic rings. The Morgan fingerprint density at radius 3 is 2.41 bits per heavy atom. The van der Waals surface area contributed by atoms with E-state index in [9.17, 15) is 35.9 Å². The van der Waals surface area contributed by atoms with Crippen LogP contribution in [-0.2, 0) is 25.3 Å². The summed E-state index contributed by atoms with van der Waals surface area (Å²) in [5.41, 5.74) is -0.688. The number of alkyl halides is 6. The average Bonchev–Trinajstić information content (AvgIpc) is 3.26. The number of nitrogens with one attached hydrogen (secondary N) is 2. The quantitative estimate of drug-likeness (QED) is 0.342. The number of anilines is 2. The van der Waals surface area contributed by atoms with Gasteiger partial charge in [0.25, 0.3) is 5.91 Å². The van der Waals surface area contributed by atoms with E-state index in [4.69, 9.17) is 4.42 Å². The van der Waals surface area contributed by atoms with Crippen LogP contribution in [0.15, 0.2) is 51.8 Å². The van der Waals surface area contributed by atoms with Gasteiger partial charge in [-0.05, 0) is 36.4 Å². The summed E-state index contributed by atoms with van der Waals surface area (Å²) in [6.07, 6.45) is -7.95. The third-order valence-electron chi connectivity index (χ3n) is 7.14. The molecule has 0 bridgehead atoms. The number of hydrogen-bond acceptors (Lipinski definition) is 7. The topological polar surface area (TPSA) is 107 Å². The lowest BCUT2D eigenvalue weighted by Gasteiger charge is -2.46. The van der Waals surface area contributed by atoms with Crippen molar-refractivity contribution in [2.75, 3.05) is 25.0 Å². The summed E-state index contributed by atoms with van der Waals surface area (Å²) >= 11 is 0. The molecule has 1 amide bonds. The number of hydrogen-bond donors (Lipinski definition) is 2. The van der Waals surface area contributed by atoms with Crippen LogP contribution < -0.4 is 11.1 Å². The minimum absolute atomic E-state index is 0.0579. The van der Waals surface area contributed by atoms with Gasteiger partial charge in [0.1, 0.15) is 0 Å². The van der Waals surface area contributed by atoms with Crippen molar-refractivity contribution in [3.63, 3.8) is 0 Å². The fourth-order valence-corrected chi connectivity index (χ4v) is 4.98. The zero-order valence-electron chi connectivity index (χ0n) is 20.9. The van der Waals surface area contributed by atoms with E-state index in [2.05, 4.69) is 25.2 Å². The summed E-state index contributed by atoms with van der Waals surface area (Å²) in [4.78, 5) is 39.0. The molecule has 0 unspecified atom stereocenters. The van der Waals surface area contributed by atoms with Gasteiger partial charge in [0, 0.05) is 61.7 Å². The van der Waals surface area contributed by atoms with Crippen LogP contribution in [0.4, 0.5) is 38.0 Å². The van der Waals surface area contributed by atoms with Gasteiger partial charge in [-0.2, -0.15) is 26.3 Å². The number of carbonyl (C=O) groups is 1. The molecular formula is C26H20F6N6O3. The first kappa shape index (κ1) is 26.8. The molecule has 2 aromatic heterocycles. The number of rotatable bonds is 4. The standard InChI is InChI=1S/C26H20F6N6O3/c27-25(28,29)15-6-16(26(30,31)32)8-17(7-15)34-23-33-9-14-10-37(4-3-19(14)35-23)18-11-38(12-18)22(39)13-1-2-20-21(5-13)41-24(40)36-20/h1-2,5-9,18H,3-4,10-12H2,(H,36,40)(H,33,34,35). The summed E-state index contributed by atoms with van der Waals surface area (Å²) in [5.74, 6) is -0.899. The SMILES string of the molecule is O=C(c1ccc2[nH]c(=O)oc2c1)N1CC(N2CCc3nc(Nc4cc(C(F)(F)F)cc(C(F)(F)F)c4)ncc3C2)C1. The molecule has 2 N–H and O–H groups in total. The van der Waals surface area contributed by atoms with Gasteiger partial charge in [0.05, 0.1) is 22.3 Å². The van der Waals surface area contributed by atoms with E-state index >= 15 is 0 Å². The van der Waals surface area contributed by atoms with Gasteiger partial charge in [0.2, 0.25) is 5.95 Å². The van der Waals surface area contributed by atoms with E-state index in [0.29, 0.717) is 67.1 Å². The maximum atomic E-state index is 13.2. The minimum Gasteiger partial charge on any atom is -0.408 e. The van der Waals surface area contributed by atoms with E-state index in [0.717, 1.165) is 5.56 Å². The summed E-state index contributed by atoms with van der Waals surface area (Å²) in [6.45, 7) is 2.05. The highest BCUT2D eigenvalue weighted by atomic mass is 19.4. The molecule has 9 nitrogen and oxygen atoms in total. The number of halogens is 6. The van der Waals surface area contributed by atoms with Crippen molar-refractivity contribution in [2.45, 2.75) is 31.4 Å². The van der Waals surface area contributed by atoms with E-state index in [-0.39, 0.29) is 24.0 Å². The number of fused-ring (bicyclic) bond motifs is 2. The van der Waals surface area contributed by atoms with E-state index in [1.807, 2.05) is 0 Å². The van der Waals surface area contributed by atoms with Gasteiger partial charge >= 0.3 is 18.1 Å². The number of H-pyrrole nitrogens is 1. The molecule has 2 aromatic carbocycles. The maximum Gasteiger partial charge on any atom is 0.417 e. The van der Waals surface area contributed by atoms with Crippen LogP contribution in [0, 0.1) is 0 Å². The van der Waals surface area contributed by atoms with Crippen molar-refractivity contribution in [3.8, 4) is 0 Å². The lowest BCUT2D eigenvalue weighted by atomic mass is 10.00. The second-order valence-corrected chi connectivity index (χ2v) is 9.89. The molecule has 41 heavy (non-hydrogen) atoms. The van der Waals surface area contributed by atoms with Crippen LogP contribution >= 0.6 is 0 Å². The molecule has 2 aliphatic heterocycles. The number of oxazole rings is 1. The first-order chi connectivity index (χ1) is 19.3. The number of likely N-dealkylation sites (tertiary alicyclic amines) is 1. The normalized spacial score (nSPS) is 16.5. The fourth-order valence-electron chi connectivity index (χ4n) is 4.98. The lowest BCUT2D eigenvalue weighted by molar-refractivity contribution is -0.143. The van der Waals surface area contributed by atoms with Crippen molar-refractivity contribution in [3.05, 3.63) is 81.1 Å². The molecule has 4 heterocycles. The van der Waals surface area contributed by atoms with Crippen LogP contribution in [0.5, 0.6) is 0 Å². The molecule has 2 aliphatic rings. The monoisotopic (exact) mass is 578 g/mol. The number of aromatic nitrogens is 3. The smallest absolute Gasteiger partial charge is 0.408 e. The van der Waals surface area contributed by atoms with Crippen molar-refractivity contribution >= 4 is 28.6 Å². The van der Waals surface area contributed by atoms with Gasteiger partial charge < -0.3 is 14.6 Å². The third kappa shape index (κ3) is 5.36. The molecule has 0 aliphatic carbocycles. The Morgan fingerprint density at radius 1 is 1.02 bits per heavy atom. The molecule has 6 rings (SSSR count). The molecule has 1 fully saturated rings. The molecule has 0 radical (unpaired) electrons. The van der Waals surface area contributed by atoms with E-state index < -0.39 is 34.9 Å². The Bertz CT molecular complexity index is 1670. The molecule has 214 valence electrons. The lowest BCUT2D eigenvalue weighted by Crippen LogP contribution is -2.61. The Morgan fingerprint density at radius 2 is 1.73 bits per heavy atom. The first-order valence-corrected chi connectivity index (χ1v) is 12.4. The molecule has 0 atom stereocenters. The molecule has 0 spiro atoms. The highest BCUT2D eigenvalue weighted by Crippen LogP contribution is 2.38. The van der Waals surface area contributed by atoms with Crippen LogP contribution in [0.2, 0.25) is 0 Å². The van der Waals surface area contributed by atoms with Crippen LogP contribution in [-0.4, -0.2) is 56.3 Å². The Kier molecular flexibility index (Phi) is 6.28. The van der Waals surface area contributed by atoms with Crippen molar-refractivity contribution in [1.29, 1.82) is 0 Å².